The molecule has 2 aromatic rings. The number of carboxylic acids is 1. The van der Waals surface area contributed by atoms with Gasteiger partial charge in [0.05, 0.1) is 0 Å². The Morgan fingerprint density at radius 3 is 2.75 bits per heavy atom. The average molecular weight is 270 g/mol. The summed E-state index contributed by atoms with van der Waals surface area (Å²) < 4.78 is 0. The van der Waals surface area contributed by atoms with E-state index in [-0.39, 0.29) is 18.8 Å². The predicted molar refractivity (Wildman–Crippen MR) is 75.5 cm³/mol. The third-order valence-electron chi connectivity index (χ3n) is 2.84. The number of carbonyl (C=O) groups excluding carboxylic acids is 1. The molecular weight excluding hydrogens is 256 g/mol. The van der Waals surface area contributed by atoms with Gasteiger partial charge in [-0.25, -0.2) is 0 Å². The van der Waals surface area contributed by atoms with Crippen LogP contribution >= 0.6 is 0 Å². The minimum Gasteiger partial charge on any atom is -0.480 e. The zero-order chi connectivity index (χ0) is 14.5. The van der Waals surface area contributed by atoms with Crippen LogP contribution in [0, 0.1) is 0 Å². The number of pyridine rings is 1. The lowest BCUT2D eigenvalue weighted by atomic mass is 10.1. The molecule has 102 valence electrons. The molecule has 2 rings (SSSR count). The van der Waals surface area contributed by atoms with Gasteiger partial charge in [-0.3, -0.25) is 14.6 Å². The van der Waals surface area contributed by atoms with E-state index in [1.54, 1.807) is 18.3 Å². The third kappa shape index (κ3) is 2.83. The van der Waals surface area contributed by atoms with Crippen LogP contribution in [0.4, 0.5) is 0 Å². The van der Waals surface area contributed by atoms with Gasteiger partial charge in [-0.1, -0.05) is 30.3 Å². The van der Waals surface area contributed by atoms with Crippen molar-refractivity contribution in [2.24, 2.45) is 0 Å². The number of nitrogens with zero attached hydrogens (tertiary/aromatic N) is 2. The Morgan fingerprint density at radius 1 is 1.30 bits per heavy atom. The number of hydrogen-bond acceptors (Lipinski definition) is 3. The number of benzene rings is 1. The van der Waals surface area contributed by atoms with Crippen molar-refractivity contribution in [3.8, 4) is 0 Å². The minimum absolute atomic E-state index is 0.163. The molecule has 0 saturated heterocycles. The van der Waals surface area contributed by atoms with Crippen molar-refractivity contribution in [2.45, 2.75) is 0 Å². The molecule has 0 spiro atoms. The van der Waals surface area contributed by atoms with Crippen molar-refractivity contribution in [1.29, 1.82) is 0 Å². The molecule has 0 aliphatic rings. The van der Waals surface area contributed by atoms with Crippen LogP contribution in [0.2, 0.25) is 0 Å². The second-order valence-electron chi connectivity index (χ2n) is 4.25. The number of carbonyl (C=O) groups is 2. The SMILES string of the molecule is C=CCN(CC(=O)O)C(=O)c1nccc2ccccc12. The van der Waals surface area contributed by atoms with Gasteiger partial charge in [0.1, 0.15) is 12.2 Å². The number of carboxylic acid groups (broad SMARTS) is 1. The molecule has 1 aromatic carbocycles. The Hall–Kier alpha value is -2.69. The molecule has 20 heavy (non-hydrogen) atoms. The number of aliphatic carboxylic acids is 1. The van der Waals surface area contributed by atoms with Crippen LogP contribution in [0.5, 0.6) is 0 Å². The van der Waals surface area contributed by atoms with Crippen molar-refractivity contribution < 1.29 is 14.7 Å². The molecule has 0 atom stereocenters. The Balaban J connectivity index is 2.43. The second-order valence-corrected chi connectivity index (χ2v) is 4.25. The zero-order valence-electron chi connectivity index (χ0n) is 10.8. The minimum atomic E-state index is -1.07. The zero-order valence-corrected chi connectivity index (χ0v) is 10.8. The van der Waals surface area contributed by atoms with E-state index in [0.717, 1.165) is 5.39 Å². The van der Waals surface area contributed by atoms with E-state index in [1.165, 1.54) is 11.0 Å². The summed E-state index contributed by atoms with van der Waals surface area (Å²) in [6.07, 6.45) is 3.04. The van der Waals surface area contributed by atoms with E-state index in [4.69, 9.17) is 5.11 Å². The van der Waals surface area contributed by atoms with E-state index in [2.05, 4.69) is 11.6 Å². The van der Waals surface area contributed by atoms with Gasteiger partial charge in [0.2, 0.25) is 0 Å². The first-order valence-electron chi connectivity index (χ1n) is 6.09. The first-order chi connectivity index (χ1) is 9.63. The number of rotatable bonds is 5. The van der Waals surface area contributed by atoms with Crippen LogP contribution in [0.3, 0.4) is 0 Å². The van der Waals surface area contributed by atoms with Gasteiger partial charge in [-0.15, -0.1) is 6.58 Å². The number of hydrogen-bond donors (Lipinski definition) is 1. The lowest BCUT2D eigenvalue weighted by Gasteiger charge is -2.19. The first-order valence-corrected chi connectivity index (χ1v) is 6.09. The second kappa shape index (κ2) is 5.97. The van der Waals surface area contributed by atoms with Gasteiger partial charge in [-0.05, 0) is 11.5 Å². The summed E-state index contributed by atoms with van der Waals surface area (Å²) >= 11 is 0. The number of amides is 1. The molecule has 0 saturated carbocycles. The smallest absolute Gasteiger partial charge is 0.323 e. The quantitative estimate of drug-likeness (QED) is 0.843. The fraction of sp³-hybridized carbons (Fsp3) is 0.133. The van der Waals surface area contributed by atoms with Crippen molar-refractivity contribution >= 4 is 22.6 Å². The van der Waals surface area contributed by atoms with Crippen molar-refractivity contribution in [3.63, 3.8) is 0 Å². The molecule has 0 fully saturated rings. The Kier molecular flexibility index (Phi) is 4.10. The monoisotopic (exact) mass is 270 g/mol. The molecule has 5 heteroatoms. The molecule has 0 aliphatic heterocycles. The molecule has 1 N–H and O–H groups in total. The maximum absolute atomic E-state index is 12.4. The summed E-state index contributed by atoms with van der Waals surface area (Å²) in [6.45, 7) is 3.32. The predicted octanol–water partition coefficient (Wildman–Crippen LogP) is 1.95. The van der Waals surface area contributed by atoms with Crippen LogP contribution in [0.1, 0.15) is 10.5 Å². The highest BCUT2D eigenvalue weighted by molar-refractivity contribution is 6.05. The maximum Gasteiger partial charge on any atom is 0.323 e. The van der Waals surface area contributed by atoms with Crippen LogP contribution < -0.4 is 0 Å². The van der Waals surface area contributed by atoms with Crippen LogP contribution in [0.15, 0.2) is 49.2 Å². The Bertz CT molecular complexity index is 662. The topological polar surface area (TPSA) is 70.5 Å². The fourth-order valence-corrected chi connectivity index (χ4v) is 1.98. The highest BCUT2D eigenvalue weighted by Crippen LogP contribution is 2.17. The molecule has 0 aliphatic carbocycles. The van der Waals surface area contributed by atoms with Gasteiger partial charge in [0.25, 0.3) is 5.91 Å². The highest BCUT2D eigenvalue weighted by atomic mass is 16.4. The molecular formula is C15H14N2O3. The summed E-state index contributed by atoms with van der Waals surface area (Å²) in [4.78, 5) is 28.6. The summed E-state index contributed by atoms with van der Waals surface area (Å²) in [5, 5.41) is 10.5. The molecule has 5 nitrogen and oxygen atoms in total. The summed E-state index contributed by atoms with van der Waals surface area (Å²) in [5.74, 6) is -1.48. The Labute approximate surface area is 116 Å². The van der Waals surface area contributed by atoms with E-state index >= 15 is 0 Å². The van der Waals surface area contributed by atoms with Crippen LogP contribution in [-0.2, 0) is 4.79 Å². The van der Waals surface area contributed by atoms with Crippen molar-refractivity contribution in [1.82, 2.24) is 9.88 Å². The van der Waals surface area contributed by atoms with Gasteiger partial charge >= 0.3 is 5.97 Å². The van der Waals surface area contributed by atoms with Gasteiger partial charge < -0.3 is 10.0 Å². The lowest BCUT2D eigenvalue weighted by molar-refractivity contribution is -0.137. The van der Waals surface area contributed by atoms with E-state index in [9.17, 15) is 9.59 Å². The molecule has 1 amide bonds. The molecule has 1 aromatic heterocycles. The largest absolute Gasteiger partial charge is 0.480 e. The van der Waals surface area contributed by atoms with E-state index in [0.29, 0.717) is 5.39 Å². The van der Waals surface area contributed by atoms with E-state index in [1.807, 2.05) is 18.2 Å². The normalized spacial score (nSPS) is 10.2. The van der Waals surface area contributed by atoms with Gasteiger partial charge in [-0.2, -0.15) is 0 Å². The van der Waals surface area contributed by atoms with Crippen LogP contribution in [0.25, 0.3) is 10.8 Å². The van der Waals surface area contributed by atoms with Crippen LogP contribution in [-0.4, -0.2) is 40.0 Å². The number of aromatic nitrogens is 1. The molecule has 0 radical (unpaired) electrons. The Morgan fingerprint density at radius 2 is 2.05 bits per heavy atom. The number of fused-ring (bicyclic) bond motifs is 1. The highest BCUT2D eigenvalue weighted by Gasteiger charge is 2.20. The summed E-state index contributed by atoms with van der Waals surface area (Å²) in [6, 6.07) is 9.16. The van der Waals surface area contributed by atoms with Gasteiger partial charge in [0.15, 0.2) is 0 Å². The maximum atomic E-state index is 12.4. The lowest BCUT2D eigenvalue weighted by Crippen LogP contribution is -2.36. The molecule has 0 unspecified atom stereocenters. The fourth-order valence-electron chi connectivity index (χ4n) is 1.98. The van der Waals surface area contributed by atoms with Crippen molar-refractivity contribution in [3.05, 3.63) is 54.9 Å². The third-order valence-corrected chi connectivity index (χ3v) is 2.84. The summed E-state index contributed by atoms with van der Waals surface area (Å²) in [5.41, 5.74) is 0.256. The first kappa shape index (κ1) is 13.7. The van der Waals surface area contributed by atoms with Crippen molar-refractivity contribution in [2.75, 3.05) is 13.1 Å². The van der Waals surface area contributed by atoms with E-state index < -0.39 is 11.9 Å². The summed E-state index contributed by atoms with van der Waals surface area (Å²) in [7, 11) is 0. The van der Waals surface area contributed by atoms with Gasteiger partial charge in [0, 0.05) is 18.1 Å². The molecule has 1 heterocycles. The standard InChI is InChI=1S/C15H14N2O3/c1-2-9-17(10-13(18)19)15(20)14-12-6-4-3-5-11(12)7-8-16-14/h2-8H,1,9-10H2,(H,18,19). The molecule has 0 bridgehead atoms. The average Bonchev–Trinajstić information content (AvgIpc) is 2.45.